The van der Waals surface area contributed by atoms with Gasteiger partial charge in [-0.15, -0.1) is 0 Å². The van der Waals surface area contributed by atoms with Crippen LogP contribution in [0.2, 0.25) is 0 Å². The average Bonchev–Trinajstić information content (AvgIpc) is 2.82. The summed E-state index contributed by atoms with van der Waals surface area (Å²) >= 11 is 0. The van der Waals surface area contributed by atoms with E-state index in [4.69, 9.17) is 4.42 Å². The summed E-state index contributed by atoms with van der Waals surface area (Å²) in [4.78, 5) is 16.1. The zero-order valence-corrected chi connectivity index (χ0v) is 12.6. The Morgan fingerprint density at radius 3 is 2.85 bits per heavy atom. The highest BCUT2D eigenvalue weighted by Gasteiger charge is 2.28. The third kappa shape index (κ3) is 3.74. The van der Waals surface area contributed by atoms with Crippen molar-refractivity contribution in [1.29, 1.82) is 0 Å². The van der Waals surface area contributed by atoms with E-state index in [-0.39, 0.29) is 6.03 Å². The molecule has 1 saturated carbocycles. The minimum Gasteiger partial charge on any atom is -0.448 e. The van der Waals surface area contributed by atoms with Gasteiger partial charge in [0.2, 0.25) is 0 Å². The van der Waals surface area contributed by atoms with Gasteiger partial charge < -0.3 is 15.1 Å². The summed E-state index contributed by atoms with van der Waals surface area (Å²) in [5, 5.41) is 5.98. The van der Waals surface area contributed by atoms with Gasteiger partial charge in [-0.25, -0.2) is 9.78 Å². The molecule has 1 aliphatic carbocycles. The Kier molecular flexibility index (Phi) is 5.04. The van der Waals surface area contributed by atoms with E-state index in [1.54, 1.807) is 0 Å². The molecular weight excluding hydrogens is 254 g/mol. The quantitative estimate of drug-likeness (QED) is 0.890. The first kappa shape index (κ1) is 14.9. The van der Waals surface area contributed by atoms with Crippen LogP contribution in [0.5, 0.6) is 0 Å². The monoisotopic (exact) mass is 279 g/mol. The molecule has 0 aromatic carbocycles. The van der Waals surface area contributed by atoms with Crippen molar-refractivity contribution in [3.63, 3.8) is 0 Å². The van der Waals surface area contributed by atoms with Crippen molar-refractivity contribution in [1.82, 2.24) is 15.6 Å². The van der Waals surface area contributed by atoms with Gasteiger partial charge in [0.1, 0.15) is 11.5 Å². The smallest absolute Gasteiger partial charge is 0.315 e. The molecule has 1 aliphatic rings. The molecule has 0 bridgehead atoms. The van der Waals surface area contributed by atoms with Gasteiger partial charge in [0.05, 0.1) is 6.54 Å². The summed E-state index contributed by atoms with van der Waals surface area (Å²) in [6.07, 6.45) is 6.18. The highest BCUT2D eigenvalue weighted by molar-refractivity contribution is 5.74. The Morgan fingerprint density at radius 1 is 1.45 bits per heavy atom. The highest BCUT2D eigenvalue weighted by atomic mass is 16.3. The van der Waals surface area contributed by atoms with Crippen molar-refractivity contribution in [3.05, 3.63) is 17.8 Å². The number of hydrogen-bond acceptors (Lipinski definition) is 3. The van der Waals surface area contributed by atoms with Gasteiger partial charge in [0, 0.05) is 6.04 Å². The Bertz CT molecular complexity index is 442. The van der Waals surface area contributed by atoms with E-state index in [0.717, 1.165) is 17.9 Å². The van der Waals surface area contributed by atoms with Crippen LogP contribution in [0.25, 0.3) is 0 Å². The third-order valence-corrected chi connectivity index (χ3v) is 4.25. The topological polar surface area (TPSA) is 67.2 Å². The van der Waals surface area contributed by atoms with E-state index in [9.17, 15) is 4.79 Å². The SMILES string of the molecule is Cc1ocnc1CNC(=O)N[C@H]1CCCC[C@H]1C(C)C. The molecule has 1 fully saturated rings. The largest absolute Gasteiger partial charge is 0.448 e. The van der Waals surface area contributed by atoms with Gasteiger partial charge in [-0.2, -0.15) is 0 Å². The lowest BCUT2D eigenvalue weighted by molar-refractivity contribution is 0.194. The number of carbonyl (C=O) groups excluding carboxylic acids is 1. The van der Waals surface area contributed by atoms with E-state index >= 15 is 0 Å². The van der Waals surface area contributed by atoms with Crippen LogP contribution in [0.1, 0.15) is 51.0 Å². The number of amides is 2. The van der Waals surface area contributed by atoms with Crippen molar-refractivity contribution >= 4 is 6.03 Å². The standard InChI is InChI=1S/C15H25N3O2/c1-10(2)12-6-4-5-7-13(12)18-15(19)16-8-14-11(3)20-9-17-14/h9-10,12-13H,4-8H2,1-3H3,(H2,16,18,19)/t12-,13-/m0/s1. The number of aryl methyl sites for hydroxylation is 1. The maximum Gasteiger partial charge on any atom is 0.315 e. The molecule has 2 rings (SSSR count). The number of nitrogens with zero attached hydrogens (tertiary/aromatic N) is 1. The molecule has 1 heterocycles. The number of rotatable bonds is 4. The van der Waals surface area contributed by atoms with Gasteiger partial charge in [0.25, 0.3) is 0 Å². The fourth-order valence-corrected chi connectivity index (χ4v) is 3.02. The van der Waals surface area contributed by atoms with Gasteiger partial charge >= 0.3 is 6.03 Å². The molecule has 0 aliphatic heterocycles. The maximum absolute atomic E-state index is 12.0. The van der Waals surface area contributed by atoms with Crippen LogP contribution in [0.4, 0.5) is 4.79 Å². The van der Waals surface area contributed by atoms with Crippen LogP contribution in [0.3, 0.4) is 0 Å². The molecule has 0 radical (unpaired) electrons. The Hall–Kier alpha value is -1.52. The van der Waals surface area contributed by atoms with Crippen molar-refractivity contribution in [2.75, 3.05) is 0 Å². The van der Waals surface area contributed by atoms with Crippen molar-refractivity contribution in [3.8, 4) is 0 Å². The molecule has 2 atom stereocenters. The Labute approximate surface area is 120 Å². The zero-order valence-electron chi connectivity index (χ0n) is 12.6. The summed E-state index contributed by atoms with van der Waals surface area (Å²) in [6, 6.07) is 0.187. The normalized spacial score (nSPS) is 22.8. The van der Waals surface area contributed by atoms with Crippen molar-refractivity contribution < 1.29 is 9.21 Å². The summed E-state index contributed by atoms with van der Waals surface area (Å²) in [7, 11) is 0. The Morgan fingerprint density at radius 2 is 2.20 bits per heavy atom. The van der Waals surface area contributed by atoms with E-state index in [2.05, 4.69) is 29.5 Å². The second-order valence-corrected chi connectivity index (χ2v) is 5.98. The molecule has 112 valence electrons. The molecule has 1 aromatic heterocycles. The van der Waals surface area contributed by atoms with Gasteiger partial charge in [-0.1, -0.05) is 26.7 Å². The maximum atomic E-state index is 12.0. The van der Waals surface area contributed by atoms with E-state index in [0.29, 0.717) is 24.4 Å². The number of urea groups is 1. The number of aromatic nitrogens is 1. The van der Waals surface area contributed by atoms with Crippen molar-refractivity contribution in [2.24, 2.45) is 11.8 Å². The molecule has 0 spiro atoms. The zero-order chi connectivity index (χ0) is 14.5. The first-order valence-corrected chi connectivity index (χ1v) is 7.51. The number of nitrogens with one attached hydrogen (secondary N) is 2. The molecule has 2 amide bonds. The molecule has 20 heavy (non-hydrogen) atoms. The lowest BCUT2D eigenvalue weighted by Gasteiger charge is -2.34. The van der Waals surface area contributed by atoms with Crippen LogP contribution in [0.15, 0.2) is 10.8 Å². The fraction of sp³-hybridized carbons (Fsp3) is 0.733. The van der Waals surface area contributed by atoms with Crippen LogP contribution < -0.4 is 10.6 Å². The second kappa shape index (κ2) is 6.77. The van der Waals surface area contributed by atoms with Crippen LogP contribution in [-0.4, -0.2) is 17.1 Å². The van der Waals surface area contributed by atoms with Gasteiger partial charge in [-0.05, 0) is 31.6 Å². The van der Waals surface area contributed by atoms with Gasteiger partial charge in [-0.3, -0.25) is 0 Å². The van der Waals surface area contributed by atoms with E-state index < -0.39 is 0 Å². The molecule has 1 aromatic rings. The predicted octanol–water partition coefficient (Wildman–Crippen LogP) is 3.00. The molecule has 5 nitrogen and oxygen atoms in total. The fourth-order valence-electron chi connectivity index (χ4n) is 3.02. The lowest BCUT2D eigenvalue weighted by atomic mass is 9.78. The average molecular weight is 279 g/mol. The second-order valence-electron chi connectivity index (χ2n) is 5.98. The summed E-state index contributed by atoms with van der Waals surface area (Å²) in [5.74, 6) is 1.95. The summed E-state index contributed by atoms with van der Waals surface area (Å²) in [5.41, 5.74) is 0.782. The first-order valence-electron chi connectivity index (χ1n) is 7.51. The van der Waals surface area contributed by atoms with Crippen LogP contribution in [0, 0.1) is 18.8 Å². The Balaban J connectivity index is 1.82. The number of carbonyl (C=O) groups is 1. The molecule has 0 unspecified atom stereocenters. The van der Waals surface area contributed by atoms with Gasteiger partial charge in [0.15, 0.2) is 6.39 Å². The molecular formula is C15H25N3O2. The minimum atomic E-state index is -0.107. The highest BCUT2D eigenvalue weighted by Crippen LogP contribution is 2.30. The minimum absolute atomic E-state index is 0.107. The van der Waals surface area contributed by atoms with Crippen LogP contribution >= 0.6 is 0 Å². The predicted molar refractivity (Wildman–Crippen MR) is 77.2 cm³/mol. The number of oxazole rings is 1. The third-order valence-electron chi connectivity index (χ3n) is 4.25. The van der Waals surface area contributed by atoms with Crippen molar-refractivity contribution in [2.45, 2.75) is 59.0 Å². The molecule has 5 heteroatoms. The first-order chi connectivity index (χ1) is 9.58. The molecule has 0 saturated heterocycles. The van der Waals surface area contributed by atoms with Crippen LogP contribution in [-0.2, 0) is 6.54 Å². The number of hydrogen-bond donors (Lipinski definition) is 2. The summed E-state index contributed by atoms with van der Waals surface area (Å²) < 4.78 is 5.11. The molecule has 2 N–H and O–H groups in total. The van der Waals surface area contributed by atoms with E-state index in [1.807, 2.05) is 6.92 Å². The summed E-state index contributed by atoms with van der Waals surface area (Å²) in [6.45, 7) is 6.73. The van der Waals surface area contributed by atoms with E-state index in [1.165, 1.54) is 25.7 Å². The lowest BCUT2D eigenvalue weighted by Crippen LogP contribution is -2.47.